The summed E-state index contributed by atoms with van der Waals surface area (Å²) in [6.45, 7) is 0.994. The summed E-state index contributed by atoms with van der Waals surface area (Å²) < 4.78 is 27.0. The second-order valence-corrected chi connectivity index (χ2v) is 6.89. The van der Waals surface area contributed by atoms with Crippen LogP contribution in [0.2, 0.25) is 0 Å². The zero-order chi connectivity index (χ0) is 13.7. The summed E-state index contributed by atoms with van der Waals surface area (Å²) >= 11 is 1.23. The number of thiophene rings is 1. The van der Waals surface area contributed by atoms with E-state index in [1.54, 1.807) is 18.5 Å². The Kier molecular flexibility index (Phi) is 4.70. The fraction of sp³-hybridized carbons (Fsp3) is 0.364. The van der Waals surface area contributed by atoms with Crippen LogP contribution >= 0.6 is 11.3 Å². The van der Waals surface area contributed by atoms with Crippen LogP contribution in [-0.2, 0) is 23.0 Å². The maximum Gasteiger partial charge on any atom is 0.250 e. The summed E-state index contributed by atoms with van der Waals surface area (Å²) in [5, 5.41) is 4.83. The van der Waals surface area contributed by atoms with Gasteiger partial charge in [-0.05, 0) is 24.1 Å². The molecule has 2 aromatic rings. The lowest BCUT2D eigenvalue weighted by atomic mass is 10.3. The average Bonchev–Trinajstić information content (AvgIpc) is 3.00. The first-order valence-electron chi connectivity index (χ1n) is 5.82. The van der Waals surface area contributed by atoms with Crippen LogP contribution < -0.4 is 10.0 Å². The molecule has 0 aliphatic carbocycles. The highest BCUT2D eigenvalue weighted by Gasteiger charge is 2.16. The fourth-order valence-electron chi connectivity index (χ4n) is 1.60. The maximum atomic E-state index is 12.0. The molecule has 2 rings (SSSR count). The van der Waals surface area contributed by atoms with E-state index < -0.39 is 10.0 Å². The molecule has 0 aliphatic heterocycles. The van der Waals surface area contributed by atoms with E-state index in [4.69, 9.17) is 0 Å². The van der Waals surface area contributed by atoms with Crippen molar-refractivity contribution in [1.29, 1.82) is 0 Å². The van der Waals surface area contributed by atoms with Crippen LogP contribution in [0.3, 0.4) is 0 Å². The van der Waals surface area contributed by atoms with E-state index in [9.17, 15) is 8.42 Å². The first-order valence-corrected chi connectivity index (χ1v) is 8.18. The van der Waals surface area contributed by atoms with Crippen molar-refractivity contribution in [3.8, 4) is 0 Å². The van der Waals surface area contributed by atoms with Gasteiger partial charge in [0, 0.05) is 31.9 Å². The van der Waals surface area contributed by atoms with Gasteiger partial charge in [0.15, 0.2) is 0 Å². The number of aromatic nitrogens is 2. The number of sulfonamides is 1. The molecule has 19 heavy (non-hydrogen) atoms. The van der Waals surface area contributed by atoms with Crippen molar-refractivity contribution in [2.75, 3.05) is 13.6 Å². The largest absolute Gasteiger partial charge is 0.349 e. The highest BCUT2D eigenvalue weighted by molar-refractivity contribution is 7.91. The maximum absolute atomic E-state index is 12.0. The number of nitrogens with zero attached hydrogens (tertiary/aromatic N) is 1. The molecular weight excluding hydrogens is 284 g/mol. The number of hydrogen-bond acceptors (Lipinski definition) is 5. The Bertz CT molecular complexity index is 604. The second kappa shape index (κ2) is 6.29. The smallest absolute Gasteiger partial charge is 0.250 e. The number of nitrogens with one attached hydrogen (secondary N) is 3. The molecule has 104 valence electrons. The molecule has 2 aromatic heterocycles. The third-order valence-corrected chi connectivity index (χ3v) is 5.43. The van der Waals surface area contributed by atoms with Crippen molar-refractivity contribution < 1.29 is 8.42 Å². The molecule has 0 aliphatic rings. The van der Waals surface area contributed by atoms with E-state index in [-0.39, 0.29) is 0 Å². The number of hydrogen-bond donors (Lipinski definition) is 3. The molecule has 0 aromatic carbocycles. The minimum absolute atomic E-state index is 0.328. The molecule has 0 unspecified atom stereocenters. The molecular formula is C11H16N4O2S2. The number of aromatic amines is 1. The second-order valence-electron chi connectivity index (χ2n) is 3.99. The molecule has 0 atom stereocenters. The van der Waals surface area contributed by atoms with Gasteiger partial charge in [-0.2, -0.15) is 0 Å². The lowest BCUT2D eigenvalue weighted by molar-refractivity contribution is 0.583. The molecule has 0 fully saturated rings. The van der Waals surface area contributed by atoms with Crippen molar-refractivity contribution in [1.82, 2.24) is 20.0 Å². The van der Waals surface area contributed by atoms with Gasteiger partial charge in [0.1, 0.15) is 10.0 Å². The first-order chi connectivity index (χ1) is 9.12. The minimum atomic E-state index is -3.41. The van der Waals surface area contributed by atoms with Crippen molar-refractivity contribution in [3.05, 3.63) is 35.2 Å². The average molecular weight is 300 g/mol. The first kappa shape index (κ1) is 14.2. The standard InChI is InChI=1S/C11H16N4O2S2/c1-12-7-9-6-11(18-8-9)19(16,17)15-3-2-10-13-4-5-14-10/h4-6,8,12,15H,2-3,7H2,1H3,(H,13,14). The van der Waals surface area contributed by atoms with Gasteiger partial charge in [0.05, 0.1) is 0 Å². The molecule has 3 N–H and O–H groups in total. The van der Waals surface area contributed by atoms with Crippen LogP contribution in [0.25, 0.3) is 0 Å². The molecule has 0 bridgehead atoms. The van der Waals surface area contributed by atoms with E-state index in [0.29, 0.717) is 23.7 Å². The van der Waals surface area contributed by atoms with Crippen LogP contribution in [0.15, 0.2) is 28.0 Å². The molecule has 0 amide bonds. The number of H-pyrrole nitrogens is 1. The molecule has 8 heteroatoms. The minimum Gasteiger partial charge on any atom is -0.349 e. The predicted octanol–water partition coefficient (Wildman–Crippen LogP) is 0.712. The predicted molar refractivity (Wildman–Crippen MR) is 74.6 cm³/mol. The van der Waals surface area contributed by atoms with Gasteiger partial charge in [-0.25, -0.2) is 18.1 Å². The Hall–Kier alpha value is -1.22. The van der Waals surface area contributed by atoms with Crippen LogP contribution in [0.1, 0.15) is 11.4 Å². The Morgan fingerprint density at radius 2 is 2.32 bits per heavy atom. The highest BCUT2D eigenvalue weighted by Crippen LogP contribution is 2.19. The van der Waals surface area contributed by atoms with Gasteiger partial charge in [-0.3, -0.25) is 0 Å². The van der Waals surface area contributed by atoms with Crippen LogP contribution in [0.5, 0.6) is 0 Å². The van der Waals surface area contributed by atoms with Gasteiger partial charge in [0.2, 0.25) is 10.0 Å². The molecule has 0 radical (unpaired) electrons. The third kappa shape index (κ3) is 3.87. The van der Waals surface area contributed by atoms with Gasteiger partial charge >= 0.3 is 0 Å². The zero-order valence-corrected chi connectivity index (χ0v) is 12.1. The van der Waals surface area contributed by atoms with Crippen LogP contribution in [0, 0.1) is 0 Å². The van der Waals surface area contributed by atoms with Gasteiger partial charge in [-0.15, -0.1) is 11.3 Å². The normalized spacial score (nSPS) is 11.8. The fourth-order valence-corrected chi connectivity index (χ4v) is 3.89. The van der Waals surface area contributed by atoms with E-state index in [0.717, 1.165) is 11.4 Å². The number of imidazole rings is 1. The lowest BCUT2D eigenvalue weighted by Gasteiger charge is -2.03. The molecule has 0 saturated heterocycles. The Morgan fingerprint density at radius 1 is 1.47 bits per heavy atom. The summed E-state index contributed by atoms with van der Waals surface area (Å²) in [4.78, 5) is 6.97. The van der Waals surface area contributed by atoms with Crippen LogP contribution in [-0.4, -0.2) is 32.0 Å². The summed E-state index contributed by atoms with van der Waals surface area (Å²) in [5.41, 5.74) is 0.971. The third-order valence-electron chi connectivity index (χ3n) is 2.48. The van der Waals surface area contributed by atoms with Crippen molar-refractivity contribution in [3.63, 3.8) is 0 Å². The summed E-state index contributed by atoms with van der Waals surface area (Å²) in [6.07, 6.45) is 3.90. The Morgan fingerprint density at radius 3 is 3.00 bits per heavy atom. The molecule has 2 heterocycles. The van der Waals surface area contributed by atoms with Gasteiger partial charge in [-0.1, -0.05) is 0 Å². The summed E-state index contributed by atoms with van der Waals surface area (Å²) in [7, 11) is -1.59. The number of rotatable bonds is 7. The SMILES string of the molecule is CNCc1csc(S(=O)(=O)NCCc2ncc[nH]2)c1. The van der Waals surface area contributed by atoms with Gasteiger partial charge < -0.3 is 10.3 Å². The van der Waals surface area contributed by atoms with Crippen molar-refractivity contribution in [2.45, 2.75) is 17.2 Å². The summed E-state index contributed by atoms with van der Waals surface area (Å²) in [6, 6.07) is 1.69. The highest BCUT2D eigenvalue weighted by atomic mass is 32.2. The topological polar surface area (TPSA) is 86.9 Å². The van der Waals surface area contributed by atoms with E-state index in [2.05, 4.69) is 20.0 Å². The Labute approximate surface area is 116 Å². The van der Waals surface area contributed by atoms with E-state index >= 15 is 0 Å². The van der Waals surface area contributed by atoms with Crippen LogP contribution in [0.4, 0.5) is 0 Å². The quantitative estimate of drug-likeness (QED) is 0.703. The molecule has 0 spiro atoms. The summed E-state index contributed by atoms with van der Waals surface area (Å²) in [5.74, 6) is 0.768. The van der Waals surface area contributed by atoms with E-state index in [1.165, 1.54) is 11.3 Å². The molecule has 0 saturated carbocycles. The van der Waals surface area contributed by atoms with E-state index in [1.807, 2.05) is 12.4 Å². The van der Waals surface area contributed by atoms with Crippen molar-refractivity contribution in [2.24, 2.45) is 0 Å². The zero-order valence-electron chi connectivity index (χ0n) is 10.5. The van der Waals surface area contributed by atoms with Gasteiger partial charge in [0.25, 0.3) is 0 Å². The monoisotopic (exact) mass is 300 g/mol. The van der Waals surface area contributed by atoms with Crippen molar-refractivity contribution >= 4 is 21.4 Å². The Balaban J connectivity index is 1.93. The lowest BCUT2D eigenvalue weighted by Crippen LogP contribution is -2.25. The molecule has 6 nitrogen and oxygen atoms in total.